The highest BCUT2D eigenvalue weighted by Crippen LogP contribution is 2.28. The van der Waals surface area contributed by atoms with Crippen LogP contribution in [0.5, 0.6) is 0 Å². The molecule has 0 aromatic heterocycles. The van der Waals surface area contributed by atoms with E-state index in [4.69, 9.17) is 5.73 Å². The number of nitrogens with one attached hydrogen (secondary N) is 1. The number of aryl methyl sites for hydroxylation is 1. The third-order valence-electron chi connectivity index (χ3n) is 2.58. The molecule has 2 nitrogen and oxygen atoms in total. The van der Waals surface area contributed by atoms with Crippen LogP contribution in [0.15, 0.2) is 16.6 Å². The average molecular weight is 303 g/mol. The van der Waals surface area contributed by atoms with Gasteiger partial charge in [-0.3, -0.25) is 0 Å². The van der Waals surface area contributed by atoms with Gasteiger partial charge in [0.2, 0.25) is 0 Å². The summed E-state index contributed by atoms with van der Waals surface area (Å²) in [6, 6.07) is 4.57. The van der Waals surface area contributed by atoms with Crippen LogP contribution in [0.1, 0.15) is 18.9 Å². The average Bonchev–Trinajstić information content (AvgIpc) is 2.25. The van der Waals surface area contributed by atoms with Crippen molar-refractivity contribution >= 4 is 39.1 Å². The van der Waals surface area contributed by atoms with E-state index in [9.17, 15) is 0 Å². The lowest BCUT2D eigenvalue weighted by Crippen LogP contribution is -2.21. The Morgan fingerprint density at radius 1 is 1.50 bits per heavy atom. The lowest BCUT2D eigenvalue weighted by molar-refractivity contribution is 0.774. The van der Waals surface area contributed by atoms with E-state index in [2.05, 4.69) is 40.5 Å². The number of hydrogen-bond acceptors (Lipinski definition) is 3. The molecule has 1 atom stereocenters. The molecule has 4 heteroatoms. The molecule has 0 aliphatic carbocycles. The van der Waals surface area contributed by atoms with Crippen LogP contribution >= 0.6 is 27.7 Å². The Morgan fingerprint density at radius 3 is 2.75 bits per heavy atom. The molecule has 0 heterocycles. The quantitative estimate of drug-likeness (QED) is 0.810. The van der Waals surface area contributed by atoms with Crippen molar-refractivity contribution in [2.24, 2.45) is 0 Å². The van der Waals surface area contributed by atoms with Gasteiger partial charge in [0.15, 0.2) is 0 Å². The van der Waals surface area contributed by atoms with E-state index in [-0.39, 0.29) is 0 Å². The van der Waals surface area contributed by atoms with Gasteiger partial charge in [-0.1, -0.05) is 6.92 Å². The van der Waals surface area contributed by atoms with E-state index >= 15 is 0 Å². The SMILES string of the molecule is CCC(CSC)Nc1cc(C)c(N)cc1Br. The zero-order valence-corrected chi connectivity index (χ0v) is 12.4. The first kappa shape index (κ1) is 13.7. The molecule has 1 unspecified atom stereocenters. The van der Waals surface area contributed by atoms with Crippen LogP contribution in [0, 0.1) is 6.92 Å². The molecule has 16 heavy (non-hydrogen) atoms. The standard InChI is InChI=1S/C12H19BrN2S/c1-4-9(7-16-3)15-12-5-8(2)11(14)6-10(12)13/h5-6,9,15H,4,7,14H2,1-3H3. The van der Waals surface area contributed by atoms with Crippen LogP contribution in [0.2, 0.25) is 0 Å². The van der Waals surface area contributed by atoms with Crippen molar-refractivity contribution in [1.29, 1.82) is 0 Å². The fourth-order valence-electron chi connectivity index (χ4n) is 1.49. The second-order valence-corrected chi connectivity index (χ2v) is 5.66. The molecule has 1 rings (SSSR count). The van der Waals surface area contributed by atoms with Gasteiger partial charge in [-0.2, -0.15) is 11.8 Å². The first-order valence-electron chi connectivity index (χ1n) is 5.39. The summed E-state index contributed by atoms with van der Waals surface area (Å²) in [4.78, 5) is 0. The number of thioether (sulfide) groups is 1. The molecule has 1 aromatic carbocycles. The number of hydrogen-bond donors (Lipinski definition) is 2. The Hall–Kier alpha value is -0.350. The number of anilines is 2. The lowest BCUT2D eigenvalue weighted by atomic mass is 10.1. The minimum Gasteiger partial charge on any atom is -0.398 e. The predicted molar refractivity (Wildman–Crippen MR) is 79.4 cm³/mol. The summed E-state index contributed by atoms with van der Waals surface area (Å²) in [5, 5.41) is 3.54. The minimum absolute atomic E-state index is 0.509. The number of halogens is 1. The van der Waals surface area contributed by atoms with Gasteiger partial charge in [0.1, 0.15) is 0 Å². The molecule has 3 N–H and O–H groups in total. The summed E-state index contributed by atoms with van der Waals surface area (Å²) >= 11 is 5.41. The monoisotopic (exact) mass is 302 g/mol. The number of rotatable bonds is 5. The maximum Gasteiger partial charge on any atom is 0.0491 e. The van der Waals surface area contributed by atoms with Gasteiger partial charge in [0.05, 0.1) is 0 Å². The second-order valence-electron chi connectivity index (χ2n) is 3.89. The van der Waals surface area contributed by atoms with Gasteiger partial charge in [0.25, 0.3) is 0 Å². The third kappa shape index (κ3) is 3.59. The number of nitrogen functional groups attached to an aromatic ring is 1. The fraction of sp³-hybridized carbons (Fsp3) is 0.500. The molecule has 90 valence electrons. The number of nitrogens with two attached hydrogens (primary N) is 1. The van der Waals surface area contributed by atoms with Gasteiger partial charge in [-0.05, 0) is 53.2 Å². The molecular weight excluding hydrogens is 284 g/mol. The normalized spacial score (nSPS) is 12.5. The van der Waals surface area contributed by atoms with E-state index in [0.717, 1.165) is 33.6 Å². The van der Waals surface area contributed by atoms with Crippen molar-refractivity contribution in [3.05, 3.63) is 22.2 Å². The highest BCUT2D eigenvalue weighted by Gasteiger charge is 2.09. The molecule has 0 saturated heterocycles. The van der Waals surface area contributed by atoms with Gasteiger partial charge in [0, 0.05) is 27.6 Å². The topological polar surface area (TPSA) is 38.0 Å². The van der Waals surface area contributed by atoms with Crippen LogP contribution in [0.25, 0.3) is 0 Å². The molecule has 1 aromatic rings. The van der Waals surface area contributed by atoms with Gasteiger partial charge < -0.3 is 11.1 Å². The van der Waals surface area contributed by atoms with Crippen LogP contribution in [0.3, 0.4) is 0 Å². The van der Waals surface area contributed by atoms with Crippen LogP contribution in [-0.2, 0) is 0 Å². The molecule has 0 bridgehead atoms. The predicted octanol–water partition coefficient (Wildman–Crippen LogP) is 3.89. The van der Waals surface area contributed by atoms with E-state index in [1.54, 1.807) is 0 Å². The fourth-order valence-corrected chi connectivity index (χ4v) is 2.69. The third-order valence-corrected chi connectivity index (χ3v) is 3.97. The molecule has 0 aliphatic rings. The Labute approximate surface area is 111 Å². The summed E-state index contributed by atoms with van der Waals surface area (Å²) in [7, 11) is 0. The Kier molecular flexibility index (Phi) is 5.49. The minimum atomic E-state index is 0.509. The number of benzene rings is 1. The zero-order valence-electron chi connectivity index (χ0n) is 10.0. The van der Waals surface area contributed by atoms with Gasteiger partial charge in [-0.15, -0.1) is 0 Å². The van der Waals surface area contributed by atoms with Gasteiger partial charge >= 0.3 is 0 Å². The maximum absolute atomic E-state index is 5.85. The van der Waals surface area contributed by atoms with Crippen molar-refractivity contribution in [2.75, 3.05) is 23.1 Å². The van der Waals surface area contributed by atoms with Crippen molar-refractivity contribution in [2.45, 2.75) is 26.3 Å². The summed E-state index contributed by atoms with van der Waals surface area (Å²) in [5.74, 6) is 1.12. The highest BCUT2D eigenvalue weighted by atomic mass is 79.9. The molecule has 0 spiro atoms. The summed E-state index contributed by atoms with van der Waals surface area (Å²) in [5.41, 5.74) is 8.93. The molecule has 0 radical (unpaired) electrons. The zero-order chi connectivity index (χ0) is 12.1. The molecule has 0 fully saturated rings. The van der Waals surface area contributed by atoms with Crippen LogP contribution in [0.4, 0.5) is 11.4 Å². The van der Waals surface area contributed by atoms with Crippen LogP contribution < -0.4 is 11.1 Å². The molecule has 0 saturated carbocycles. The second kappa shape index (κ2) is 6.40. The van der Waals surface area contributed by atoms with Crippen molar-refractivity contribution in [1.82, 2.24) is 0 Å². The van der Waals surface area contributed by atoms with E-state index in [0.29, 0.717) is 6.04 Å². The van der Waals surface area contributed by atoms with Crippen LogP contribution in [-0.4, -0.2) is 18.1 Å². The summed E-state index contributed by atoms with van der Waals surface area (Å²) in [6.45, 7) is 4.23. The lowest BCUT2D eigenvalue weighted by Gasteiger charge is -2.19. The van der Waals surface area contributed by atoms with Crippen molar-refractivity contribution < 1.29 is 0 Å². The highest BCUT2D eigenvalue weighted by molar-refractivity contribution is 9.10. The Balaban J connectivity index is 2.83. The molecular formula is C12H19BrN2S. The van der Waals surface area contributed by atoms with Crippen molar-refractivity contribution in [3.8, 4) is 0 Å². The molecule has 0 aliphatic heterocycles. The van der Waals surface area contributed by atoms with E-state index in [1.807, 2.05) is 24.8 Å². The smallest absolute Gasteiger partial charge is 0.0491 e. The Morgan fingerprint density at radius 2 is 2.19 bits per heavy atom. The first-order valence-corrected chi connectivity index (χ1v) is 7.58. The summed E-state index contributed by atoms with van der Waals surface area (Å²) in [6.07, 6.45) is 3.25. The molecule has 0 amide bonds. The van der Waals surface area contributed by atoms with E-state index in [1.165, 1.54) is 0 Å². The van der Waals surface area contributed by atoms with E-state index < -0.39 is 0 Å². The summed E-state index contributed by atoms with van der Waals surface area (Å²) < 4.78 is 1.04. The largest absolute Gasteiger partial charge is 0.398 e. The Bertz CT molecular complexity index is 355. The first-order chi connectivity index (χ1) is 7.58. The van der Waals surface area contributed by atoms with Gasteiger partial charge in [-0.25, -0.2) is 0 Å². The van der Waals surface area contributed by atoms with Crippen molar-refractivity contribution in [3.63, 3.8) is 0 Å². The maximum atomic E-state index is 5.85.